The zero-order valence-electron chi connectivity index (χ0n) is 21.5. The molecule has 2 aromatic heterocycles. The van der Waals surface area contributed by atoms with Crippen LogP contribution in [0.15, 0.2) is 42.7 Å². The number of hydrogen-bond acceptors (Lipinski definition) is 7. The Kier molecular flexibility index (Phi) is 6.36. The molecule has 0 radical (unpaired) electrons. The molecule has 5 rings (SSSR count). The molecule has 9 heteroatoms. The fraction of sp³-hybridized carbons (Fsp3) is 0.429. The molecule has 0 saturated carbocycles. The van der Waals surface area contributed by atoms with Crippen molar-refractivity contribution in [1.29, 1.82) is 5.26 Å². The van der Waals surface area contributed by atoms with Gasteiger partial charge in [-0.3, -0.25) is 9.88 Å². The van der Waals surface area contributed by atoms with Crippen molar-refractivity contribution in [1.82, 2.24) is 14.9 Å². The van der Waals surface area contributed by atoms with E-state index in [1.54, 1.807) is 24.5 Å². The van der Waals surface area contributed by atoms with Crippen molar-refractivity contribution in [3.8, 4) is 6.07 Å². The van der Waals surface area contributed by atoms with Crippen LogP contribution in [0.1, 0.15) is 57.7 Å². The van der Waals surface area contributed by atoms with E-state index in [9.17, 15) is 14.4 Å². The lowest BCUT2D eigenvalue weighted by molar-refractivity contribution is 0.0122. The molecule has 1 amide bonds. The lowest BCUT2D eigenvalue weighted by atomic mass is 10.0. The van der Waals surface area contributed by atoms with Crippen LogP contribution < -0.4 is 10.2 Å². The lowest BCUT2D eigenvalue weighted by Crippen LogP contribution is -2.57. The molecule has 4 heterocycles. The minimum absolute atomic E-state index is 0.0253. The maximum Gasteiger partial charge on any atom is 0.410 e. The number of ether oxygens (including phenoxy) is 1. The number of rotatable bonds is 4. The quantitative estimate of drug-likeness (QED) is 0.510. The summed E-state index contributed by atoms with van der Waals surface area (Å²) in [5.74, 6) is 0.304. The lowest BCUT2D eigenvalue weighted by Gasteiger charge is -2.41. The van der Waals surface area contributed by atoms with Crippen LogP contribution in [-0.4, -0.2) is 51.7 Å². The Balaban J connectivity index is 1.39. The third-order valence-electron chi connectivity index (χ3n) is 7.01. The van der Waals surface area contributed by atoms with Crippen molar-refractivity contribution in [2.24, 2.45) is 0 Å². The summed E-state index contributed by atoms with van der Waals surface area (Å²) in [5, 5.41) is 13.5. The zero-order chi connectivity index (χ0) is 26.3. The average Bonchev–Trinajstić information content (AvgIpc) is 3.12. The molecular weight excluding hydrogens is 471 g/mol. The smallest absolute Gasteiger partial charge is 0.410 e. The van der Waals surface area contributed by atoms with Crippen LogP contribution in [0.5, 0.6) is 0 Å². The molecule has 3 aromatic rings. The molecule has 37 heavy (non-hydrogen) atoms. The van der Waals surface area contributed by atoms with Gasteiger partial charge >= 0.3 is 6.09 Å². The van der Waals surface area contributed by atoms with Crippen LogP contribution in [0.2, 0.25) is 0 Å². The van der Waals surface area contributed by atoms with Gasteiger partial charge in [0.1, 0.15) is 23.3 Å². The van der Waals surface area contributed by atoms with Gasteiger partial charge < -0.3 is 15.0 Å². The van der Waals surface area contributed by atoms with Crippen LogP contribution in [0, 0.1) is 17.1 Å². The third kappa shape index (κ3) is 4.88. The van der Waals surface area contributed by atoms with Gasteiger partial charge in [-0.2, -0.15) is 5.26 Å². The average molecular weight is 503 g/mol. The number of nitrogens with one attached hydrogen (secondary N) is 1. The molecule has 192 valence electrons. The predicted octanol–water partition coefficient (Wildman–Crippen LogP) is 5.40. The highest BCUT2D eigenvalue weighted by atomic mass is 19.1. The SMILES string of the molecule is C[C@@H](Nc1ccnc2cnc(N3CC4CCC(C3)N4C(=O)OC(C)(C)C)cc12)c1cccc(C#N)c1F. The highest BCUT2D eigenvalue weighted by Gasteiger charge is 2.44. The number of halogens is 1. The normalized spacial score (nSPS) is 20.0. The highest BCUT2D eigenvalue weighted by molar-refractivity contribution is 5.92. The second kappa shape index (κ2) is 9.51. The third-order valence-corrected chi connectivity index (χ3v) is 7.01. The molecule has 1 N–H and O–H groups in total. The standard InChI is InChI=1S/C28H31FN6O2/c1-17(21-7-5-6-18(13-30)26(21)29)33-23-10-11-31-24-14-32-25(12-22(23)24)34-15-19-8-9-20(16-34)35(19)27(36)37-28(2,3)4/h5-7,10-12,14,17,19-20H,8-9,15-16H2,1-4H3,(H,31,33)/t17-,19?,20?/m1/s1. The number of carbonyl (C=O) groups excluding carboxylic acids is 1. The van der Waals surface area contributed by atoms with Gasteiger partial charge in [0.25, 0.3) is 0 Å². The maximum absolute atomic E-state index is 14.8. The first-order valence-electron chi connectivity index (χ1n) is 12.6. The maximum atomic E-state index is 14.8. The first-order chi connectivity index (χ1) is 17.6. The van der Waals surface area contributed by atoms with E-state index in [0.29, 0.717) is 18.7 Å². The van der Waals surface area contributed by atoms with Crippen LogP contribution in [0.3, 0.4) is 0 Å². The number of aromatic nitrogens is 2. The summed E-state index contributed by atoms with van der Waals surface area (Å²) in [6.45, 7) is 8.88. The molecule has 2 aliphatic heterocycles. The second-order valence-electron chi connectivity index (χ2n) is 10.8. The molecule has 1 aromatic carbocycles. The minimum Gasteiger partial charge on any atom is -0.444 e. The molecule has 3 atom stereocenters. The first kappa shape index (κ1) is 24.8. The number of benzene rings is 1. The number of anilines is 2. The van der Waals surface area contributed by atoms with Gasteiger partial charge in [-0.1, -0.05) is 12.1 Å². The summed E-state index contributed by atoms with van der Waals surface area (Å²) in [5.41, 5.74) is 1.45. The number of piperazine rings is 1. The monoisotopic (exact) mass is 502 g/mol. The fourth-order valence-corrected chi connectivity index (χ4v) is 5.32. The Bertz CT molecular complexity index is 1370. The van der Waals surface area contributed by atoms with E-state index in [0.717, 1.165) is 35.2 Å². The Hall–Kier alpha value is -3.93. The van der Waals surface area contributed by atoms with Crippen LogP contribution >= 0.6 is 0 Å². The van der Waals surface area contributed by atoms with Gasteiger partial charge in [-0.05, 0) is 58.7 Å². The number of hydrogen-bond donors (Lipinski definition) is 1. The van der Waals surface area contributed by atoms with Crippen LogP contribution in [-0.2, 0) is 4.74 Å². The number of nitriles is 1. The van der Waals surface area contributed by atoms with Crippen molar-refractivity contribution in [3.63, 3.8) is 0 Å². The van der Waals surface area contributed by atoms with E-state index >= 15 is 0 Å². The Morgan fingerprint density at radius 2 is 1.95 bits per heavy atom. The number of pyridine rings is 2. The molecule has 2 unspecified atom stereocenters. The van der Waals surface area contributed by atoms with Gasteiger partial charge in [0.2, 0.25) is 0 Å². The summed E-state index contributed by atoms with van der Waals surface area (Å²) in [6.07, 6.45) is 5.07. The second-order valence-corrected chi connectivity index (χ2v) is 10.8. The zero-order valence-corrected chi connectivity index (χ0v) is 21.5. The van der Waals surface area contributed by atoms with Gasteiger partial charge in [0, 0.05) is 35.9 Å². The minimum atomic E-state index is -0.528. The molecule has 2 saturated heterocycles. The molecule has 2 aliphatic rings. The van der Waals surface area contributed by atoms with Crippen molar-refractivity contribution >= 4 is 28.5 Å². The predicted molar refractivity (Wildman–Crippen MR) is 140 cm³/mol. The number of nitrogens with zero attached hydrogens (tertiary/aromatic N) is 5. The van der Waals surface area contributed by atoms with E-state index in [2.05, 4.69) is 20.2 Å². The molecule has 2 fully saturated rings. The number of fused-ring (bicyclic) bond motifs is 3. The largest absolute Gasteiger partial charge is 0.444 e. The first-order valence-corrected chi connectivity index (χ1v) is 12.6. The van der Waals surface area contributed by atoms with Gasteiger partial charge in [-0.15, -0.1) is 0 Å². The summed E-state index contributed by atoms with van der Waals surface area (Å²) >= 11 is 0. The summed E-state index contributed by atoms with van der Waals surface area (Å²) in [6, 6.07) is 10.4. The number of carbonyl (C=O) groups is 1. The fourth-order valence-electron chi connectivity index (χ4n) is 5.32. The molecule has 8 nitrogen and oxygen atoms in total. The Labute approximate surface area is 216 Å². The highest BCUT2D eigenvalue weighted by Crippen LogP contribution is 2.35. The number of amides is 1. The van der Waals surface area contributed by atoms with Crippen molar-refractivity contribution in [3.05, 3.63) is 59.7 Å². The van der Waals surface area contributed by atoms with Crippen molar-refractivity contribution < 1.29 is 13.9 Å². The summed E-state index contributed by atoms with van der Waals surface area (Å²) < 4.78 is 20.4. The summed E-state index contributed by atoms with van der Waals surface area (Å²) in [7, 11) is 0. The molecular formula is C28H31FN6O2. The Morgan fingerprint density at radius 3 is 2.62 bits per heavy atom. The van der Waals surface area contributed by atoms with E-state index < -0.39 is 11.4 Å². The van der Waals surface area contributed by atoms with E-state index in [1.807, 2.05) is 50.8 Å². The van der Waals surface area contributed by atoms with Crippen molar-refractivity contribution in [2.45, 2.75) is 64.3 Å². The van der Waals surface area contributed by atoms with Crippen molar-refractivity contribution in [2.75, 3.05) is 23.3 Å². The van der Waals surface area contributed by atoms with E-state index in [4.69, 9.17) is 4.74 Å². The molecule has 2 bridgehead atoms. The molecule has 0 spiro atoms. The van der Waals surface area contributed by atoms with Crippen LogP contribution in [0.4, 0.5) is 20.7 Å². The van der Waals surface area contributed by atoms with E-state index in [-0.39, 0.29) is 29.8 Å². The van der Waals surface area contributed by atoms with E-state index in [1.165, 1.54) is 6.07 Å². The van der Waals surface area contributed by atoms with Gasteiger partial charge in [-0.25, -0.2) is 14.2 Å². The topological polar surface area (TPSA) is 94.4 Å². The molecule has 0 aliphatic carbocycles. The van der Waals surface area contributed by atoms with Gasteiger partial charge in [0.15, 0.2) is 0 Å². The summed E-state index contributed by atoms with van der Waals surface area (Å²) in [4.78, 5) is 26.1. The van der Waals surface area contributed by atoms with Crippen LogP contribution in [0.25, 0.3) is 10.9 Å². The Morgan fingerprint density at radius 1 is 1.22 bits per heavy atom. The van der Waals surface area contributed by atoms with Gasteiger partial charge in [0.05, 0.1) is 35.4 Å².